The van der Waals surface area contributed by atoms with Crippen molar-refractivity contribution in [1.82, 2.24) is 5.32 Å². The van der Waals surface area contributed by atoms with Gasteiger partial charge in [-0.1, -0.05) is 29.3 Å². The standard InChI is InChI=1S/C14H19Cl2N/c1-14(2,3)17-8-10-6-11(10)9-4-5-12(15)13(16)7-9/h4-5,7,10-11,17H,6,8H2,1-3H3. The SMILES string of the molecule is CC(C)(C)NCC1CC1c1ccc(Cl)c(Cl)c1. The zero-order valence-electron chi connectivity index (χ0n) is 10.6. The van der Waals surface area contributed by atoms with Crippen LogP contribution < -0.4 is 5.32 Å². The molecule has 1 aliphatic carbocycles. The lowest BCUT2D eigenvalue weighted by atomic mass is 10.1. The van der Waals surface area contributed by atoms with Crippen molar-refractivity contribution in [3.8, 4) is 0 Å². The predicted molar refractivity (Wildman–Crippen MR) is 75.1 cm³/mol. The first-order valence-electron chi connectivity index (χ1n) is 6.07. The minimum absolute atomic E-state index is 0.199. The van der Waals surface area contributed by atoms with Gasteiger partial charge in [0, 0.05) is 5.54 Å². The summed E-state index contributed by atoms with van der Waals surface area (Å²) in [6.45, 7) is 7.67. The lowest BCUT2D eigenvalue weighted by molar-refractivity contribution is 0.414. The molecule has 0 bridgehead atoms. The molecule has 17 heavy (non-hydrogen) atoms. The number of halogens is 2. The molecule has 0 aromatic heterocycles. The van der Waals surface area contributed by atoms with Crippen LogP contribution in [-0.2, 0) is 0 Å². The van der Waals surface area contributed by atoms with Crippen LogP contribution in [0.25, 0.3) is 0 Å². The second-order valence-electron chi connectivity index (χ2n) is 5.91. The maximum atomic E-state index is 6.04. The fourth-order valence-corrected chi connectivity index (χ4v) is 2.37. The monoisotopic (exact) mass is 271 g/mol. The number of rotatable bonds is 3. The molecule has 0 spiro atoms. The van der Waals surface area contributed by atoms with Crippen LogP contribution in [0.4, 0.5) is 0 Å². The Bertz CT molecular complexity index is 409. The van der Waals surface area contributed by atoms with E-state index in [4.69, 9.17) is 23.2 Å². The van der Waals surface area contributed by atoms with Crippen molar-refractivity contribution in [2.24, 2.45) is 5.92 Å². The Morgan fingerprint density at radius 1 is 1.24 bits per heavy atom. The van der Waals surface area contributed by atoms with Crippen LogP contribution >= 0.6 is 23.2 Å². The summed E-state index contributed by atoms with van der Waals surface area (Å²) >= 11 is 12.0. The Balaban J connectivity index is 1.92. The van der Waals surface area contributed by atoms with Crippen molar-refractivity contribution in [1.29, 1.82) is 0 Å². The van der Waals surface area contributed by atoms with E-state index in [9.17, 15) is 0 Å². The van der Waals surface area contributed by atoms with E-state index in [1.165, 1.54) is 12.0 Å². The Morgan fingerprint density at radius 3 is 2.53 bits per heavy atom. The zero-order valence-corrected chi connectivity index (χ0v) is 12.1. The molecular formula is C14H19Cl2N. The first-order valence-corrected chi connectivity index (χ1v) is 6.82. The molecule has 1 nitrogen and oxygen atoms in total. The minimum atomic E-state index is 0.199. The molecule has 1 N–H and O–H groups in total. The summed E-state index contributed by atoms with van der Waals surface area (Å²) in [7, 11) is 0. The third-order valence-electron chi connectivity index (χ3n) is 3.19. The molecule has 0 heterocycles. The van der Waals surface area contributed by atoms with Crippen molar-refractivity contribution >= 4 is 23.2 Å². The maximum Gasteiger partial charge on any atom is 0.0595 e. The summed E-state index contributed by atoms with van der Waals surface area (Å²) in [6, 6.07) is 5.99. The maximum absolute atomic E-state index is 6.04. The van der Waals surface area contributed by atoms with Crippen LogP contribution in [0.1, 0.15) is 38.7 Å². The quantitative estimate of drug-likeness (QED) is 0.855. The predicted octanol–water partition coefficient (Wildman–Crippen LogP) is 4.49. The van der Waals surface area contributed by atoms with E-state index in [0.29, 0.717) is 16.0 Å². The fourth-order valence-electron chi connectivity index (χ4n) is 2.06. The average molecular weight is 272 g/mol. The highest BCUT2D eigenvalue weighted by molar-refractivity contribution is 6.42. The van der Waals surface area contributed by atoms with Gasteiger partial charge in [-0.15, -0.1) is 0 Å². The Kier molecular flexibility index (Phi) is 3.72. The number of hydrogen-bond acceptors (Lipinski definition) is 1. The van der Waals surface area contributed by atoms with Crippen LogP contribution in [0.15, 0.2) is 18.2 Å². The van der Waals surface area contributed by atoms with Gasteiger partial charge in [-0.2, -0.15) is 0 Å². The summed E-state index contributed by atoms with van der Waals surface area (Å²) in [5.74, 6) is 1.39. The molecule has 2 rings (SSSR count). The van der Waals surface area contributed by atoms with Crippen LogP contribution in [-0.4, -0.2) is 12.1 Å². The molecular weight excluding hydrogens is 253 g/mol. The minimum Gasteiger partial charge on any atom is -0.312 e. The van der Waals surface area contributed by atoms with Crippen LogP contribution in [0, 0.1) is 5.92 Å². The van der Waals surface area contributed by atoms with Gasteiger partial charge in [0.05, 0.1) is 10.0 Å². The number of nitrogens with one attached hydrogen (secondary N) is 1. The number of hydrogen-bond donors (Lipinski definition) is 1. The van der Waals surface area contributed by atoms with Crippen molar-refractivity contribution in [2.75, 3.05) is 6.54 Å². The third kappa shape index (κ3) is 3.61. The molecule has 1 aliphatic rings. The van der Waals surface area contributed by atoms with Gasteiger partial charge < -0.3 is 5.32 Å². The van der Waals surface area contributed by atoms with Crippen LogP contribution in [0.3, 0.4) is 0 Å². The van der Waals surface area contributed by atoms with Crippen molar-refractivity contribution in [2.45, 2.75) is 38.6 Å². The zero-order chi connectivity index (χ0) is 12.6. The van der Waals surface area contributed by atoms with E-state index in [-0.39, 0.29) is 5.54 Å². The second kappa shape index (κ2) is 4.79. The van der Waals surface area contributed by atoms with Gasteiger partial charge in [0.25, 0.3) is 0 Å². The molecule has 0 aliphatic heterocycles. The van der Waals surface area contributed by atoms with Crippen molar-refractivity contribution in [3.05, 3.63) is 33.8 Å². The molecule has 1 aromatic rings. The molecule has 94 valence electrons. The summed E-state index contributed by atoms with van der Waals surface area (Å²) in [4.78, 5) is 0. The second-order valence-corrected chi connectivity index (χ2v) is 6.72. The van der Waals surface area contributed by atoms with Crippen molar-refractivity contribution < 1.29 is 0 Å². The summed E-state index contributed by atoms with van der Waals surface area (Å²) in [5.41, 5.74) is 1.52. The van der Waals surface area contributed by atoms with Gasteiger partial charge in [0.2, 0.25) is 0 Å². The molecule has 1 fully saturated rings. The van der Waals surface area contributed by atoms with E-state index in [1.807, 2.05) is 12.1 Å². The largest absolute Gasteiger partial charge is 0.312 e. The van der Waals surface area contributed by atoms with E-state index < -0.39 is 0 Å². The number of benzene rings is 1. The molecule has 2 atom stereocenters. The van der Waals surface area contributed by atoms with E-state index >= 15 is 0 Å². The molecule has 1 aromatic carbocycles. The molecule has 1 saturated carbocycles. The average Bonchev–Trinajstić information content (AvgIpc) is 2.97. The molecule has 3 heteroatoms. The normalized spacial score (nSPS) is 23.8. The van der Waals surface area contributed by atoms with Crippen molar-refractivity contribution in [3.63, 3.8) is 0 Å². The van der Waals surface area contributed by atoms with Gasteiger partial charge >= 0.3 is 0 Å². The Labute approximate surface area is 114 Å². The van der Waals surface area contributed by atoms with Gasteiger partial charge in [0.1, 0.15) is 0 Å². The van der Waals surface area contributed by atoms with Gasteiger partial charge in [-0.25, -0.2) is 0 Å². The van der Waals surface area contributed by atoms with E-state index in [0.717, 1.165) is 12.5 Å². The Hall–Kier alpha value is -0.240. The highest BCUT2D eigenvalue weighted by atomic mass is 35.5. The smallest absolute Gasteiger partial charge is 0.0595 e. The molecule has 0 radical (unpaired) electrons. The summed E-state index contributed by atoms with van der Waals surface area (Å²) < 4.78 is 0. The lowest BCUT2D eigenvalue weighted by Gasteiger charge is -2.20. The molecule has 0 saturated heterocycles. The highest BCUT2D eigenvalue weighted by Crippen LogP contribution is 2.48. The Morgan fingerprint density at radius 2 is 1.94 bits per heavy atom. The third-order valence-corrected chi connectivity index (χ3v) is 3.93. The van der Waals surface area contributed by atoms with Gasteiger partial charge in [-0.05, 0) is 63.3 Å². The first kappa shape index (κ1) is 13.2. The first-order chi connectivity index (χ1) is 7.87. The van der Waals surface area contributed by atoms with E-state index in [1.54, 1.807) is 0 Å². The summed E-state index contributed by atoms with van der Waals surface area (Å²) in [5, 5.41) is 4.86. The van der Waals surface area contributed by atoms with E-state index in [2.05, 4.69) is 32.2 Å². The molecule has 2 unspecified atom stereocenters. The highest BCUT2D eigenvalue weighted by Gasteiger charge is 2.38. The van der Waals surface area contributed by atoms with Gasteiger partial charge in [-0.3, -0.25) is 0 Å². The molecule has 0 amide bonds. The topological polar surface area (TPSA) is 12.0 Å². The summed E-state index contributed by atoms with van der Waals surface area (Å²) in [6.07, 6.45) is 1.25. The fraction of sp³-hybridized carbons (Fsp3) is 0.571. The lowest BCUT2D eigenvalue weighted by Crippen LogP contribution is -2.37. The van der Waals surface area contributed by atoms with Crippen LogP contribution in [0.5, 0.6) is 0 Å². The van der Waals surface area contributed by atoms with Crippen LogP contribution in [0.2, 0.25) is 10.0 Å². The van der Waals surface area contributed by atoms with Gasteiger partial charge in [0.15, 0.2) is 0 Å².